The van der Waals surface area contributed by atoms with Crippen molar-refractivity contribution in [2.45, 2.75) is 18.0 Å². The Balaban J connectivity index is 1.83. The zero-order chi connectivity index (χ0) is 22.4. The molecule has 0 saturated heterocycles. The van der Waals surface area contributed by atoms with Crippen LogP contribution in [0.4, 0.5) is 4.79 Å². The topological polar surface area (TPSA) is 122 Å². The van der Waals surface area contributed by atoms with E-state index in [0.717, 1.165) is 4.31 Å². The molecule has 0 aliphatic heterocycles. The summed E-state index contributed by atoms with van der Waals surface area (Å²) in [5.41, 5.74) is 6.80. The van der Waals surface area contributed by atoms with Gasteiger partial charge in [0, 0.05) is 29.5 Å². The Bertz CT molecular complexity index is 1170. The van der Waals surface area contributed by atoms with Crippen LogP contribution in [0.15, 0.2) is 78.0 Å². The number of sulfonamides is 1. The molecule has 10 heteroatoms. The Morgan fingerprint density at radius 2 is 1.65 bits per heavy atom. The molecule has 0 fully saturated rings. The molecule has 0 aliphatic rings. The molecular weight excluding hydrogens is 440 g/mol. The van der Waals surface area contributed by atoms with Crippen LogP contribution in [0, 0.1) is 0 Å². The summed E-state index contributed by atoms with van der Waals surface area (Å²) in [7, 11) is -4.17. The van der Waals surface area contributed by atoms with Crippen LogP contribution in [-0.4, -0.2) is 29.6 Å². The number of nitrogens with one attached hydrogen (secondary N) is 1. The number of halogens is 1. The molecule has 3 N–H and O–H groups in total. The average molecular weight is 459 g/mol. The number of hydrogen-bond donors (Lipinski definition) is 2. The number of primary amides is 1. The van der Waals surface area contributed by atoms with Crippen LogP contribution >= 0.6 is 11.6 Å². The van der Waals surface area contributed by atoms with Crippen LogP contribution in [0.1, 0.15) is 21.5 Å². The van der Waals surface area contributed by atoms with Crippen molar-refractivity contribution in [3.63, 3.8) is 0 Å². The van der Waals surface area contributed by atoms with Crippen LogP contribution in [0.3, 0.4) is 0 Å². The third kappa shape index (κ3) is 5.59. The van der Waals surface area contributed by atoms with Gasteiger partial charge in [-0.25, -0.2) is 17.5 Å². The van der Waals surface area contributed by atoms with E-state index in [9.17, 15) is 18.0 Å². The van der Waals surface area contributed by atoms with Gasteiger partial charge in [0.1, 0.15) is 4.90 Å². The molecule has 0 saturated carbocycles. The van der Waals surface area contributed by atoms with Crippen molar-refractivity contribution >= 4 is 33.6 Å². The molecule has 0 unspecified atom stereocenters. The van der Waals surface area contributed by atoms with Gasteiger partial charge in [-0.1, -0.05) is 35.9 Å². The van der Waals surface area contributed by atoms with Crippen molar-refractivity contribution in [2.75, 3.05) is 0 Å². The van der Waals surface area contributed by atoms with Crippen molar-refractivity contribution in [3.05, 3.63) is 94.8 Å². The second-order valence-corrected chi connectivity index (χ2v) is 8.85. The summed E-state index contributed by atoms with van der Waals surface area (Å²) >= 11 is 5.90. The standard InChI is InChI=1S/C21H19ClN4O4S/c22-18-9-5-16(6-10-18)14-26(31(29,30)19-2-1-11-24-13-19)21(28)25-12-15-3-7-17(8-4-15)20(23)27/h1-11,13H,12,14H2,(H2,23,27)(H,25,28). The first-order valence-corrected chi connectivity index (χ1v) is 10.9. The van der Waals surface area contributed by atoms with Gasteiger partial charge in [-0.15, -0.1) is 0 Å². The molecule has 1 heterocycles. The zero-order valence-electron chi connectivity index (χ0n) is 16.2. The van der Waals surface area contributed by atoms with Gasteiger partial charge in [-0.3, -0.25) is 9.78 Å². The maximum absolute atomic E-state index is 13.1. The molecule has 31 heavy (non-hydrogen) atoms. The predicted molar refractivity (Wildman–Crippen MR) is 116 cm³/mol. The van der Waals surface area contributed by atoms with Crippen LogP contribution in [0.2, 0.25) is 5.02 Å². The number of urea groups is 1. The van der Waals surface area contributed by atoms with E-state index in [1.165, 1.54) is 36.7 Å². The lowest BCUT2D eigenvalue weighted by molar-refractivity contribution is 0.1000. The molecule has 3 amide bonds. The third-order valence-electron chi connectivity index (χ3n) is 4.37. The van der Waals surface area contributed by atoms with Gasteiger partial charge < -0.3 is 11.1 Å². The maximum atomic E-state index is 13.1. The van der Waals surface area contributed by atoms with E-state index >= 15 is 0 Å². The summed E-state index contributed by atoms with van der Waals surface area (Å²) < 4.78 is 27.0. The number of aromatic nitrogens is 1. The third-order valence-corrected chi connectivity index (χ3v) is 6.33. The molecule has 160 valence electrons. The molecule has 0 atom stereocenters. The van der Waals surface area contributed by atoms with E-state index in [4.69, 9.17) is 17.3 Å². The van der Waals surface area contributed by atoms with Crippen molar-refractivity contribution in [1.29, 1.82) is 0 Å². The summed E-state index contributed by atoms with van der Waals surface area (Å²) in [5.74, 6) is -0.563. The number of nitrogens with two attached hydrogens (primary N) is 1. The van der Waals surface area contributed by atoms with Crippen molar-refractivity contribution in [2.24, 2.45) is 5.73 Å². The molecule has 0 bridgehead atoms. The summed E-state index contributed by atoms with van der Waals surface area (Å²) in [5, 5.41) is 3.10. The summed E-state index contributed by atoms with van der Waals surface area (Å²) in [6.45, 7) is -0.140. The van der Waals surface area contributed by atoms with Crippen LogP contribution in [0.5, 0.6) is 0 Å². The predicted octanol–water partition coefficient (Wildman–Crippen LogP) is 2.93. The summed E-state index contributed by atoms with van der Waals surface area (Å²) in [6.07, 6.45) is 2.62. The maximum Gasteiger partial charge on any atom is 0.331 e. The van der Waals surface area contributed by atoms with Gasteiger partial charge in [-0.05, 0) is 47.5 Å². The molecule has 2 aromatic carbocycles. The fraction of sp³-hybridized carbons (Fsp3) is 0.0952. The number of pyridine rings is 1. The van der Waals surface area contributed by atoms with Gasteiger partial charge >= 0.3 is 6.03 Å². The Kier molecular flexibility index (Phi) is 6.88. The molecular formula is C21H19ClN4O4S. The van der Waals surface area contributed by atoms with E-state index in [1.54, 1.807) is 36.4 Å². The highest BCUT2D eigenvalue weighted by molar-refractivity contribution is 7.89. The lowest BCUT2D eigenvalue weighted by atomic mass is 10.1. The van der Waals surface area contributed by atoms with E-state index in [0.29, 0.717) is 21.7 Å². The first-order valence-electron chi connectivity index (χ1n) is 9.11. The Morgan fingerprint density at radius 3 is 2.23 bits per heavy atom. The Morgan fingerprint density at radius 1 is 1.00 bits per heavy atom. The molecule has 3 rings (SSSR count). The first kappa shape index (κ1) is 22.3. The number of hydrogen-bond acceptors (Lipinski definition) is 5. The minimum atomic E-state index is -4.17. The number of rotatable bonds is 7. The van der Waals surface area contributed by atoms with E-state index in [2.05, 4.69) is 10.3 Å². The molecule has 8 nitrogen and oxygen atoms in total. The molecule has 0 radical (unpaired) electrons. The first-order chi connectivity index (χ1) is 14.8. The van der Waals surface area contributed by atoms with Gasteiger partial charge in [0.25, 0.3) is 10.0 Å². The average Bonchev–Trinajstić information content (AvgIpc) is 2.77. The number of carbonyl (C=O) groups is 2. The van der Waals surface area contributed by atoms with Crippen molar-refractivity contribution in [1.82, 2.24) is 14.6 Å². The number of nitrogens with zero attached hydrogens (tertiary/aromatic N) is 2. The fourth-order valence-corrected chi connectivity index (χ4v) is 4.13. The van der Waals surface area contributed by atoms with Crippen LogP contribution in [0.25, 0.3) is 0 Å². The second-order valence-electron chi connectivity index (χ2n) is 6.55. The monoisotopic (exact) mass is 458 g/mol. The van der Waals surface area contributed by atoms with Gasteiger partial charge in [0.05, 0.1) is 6.54 Å². The van der Waals surface area contributed by atoms with Gasteiger partial charge in [0.15, 0.2) is 0 Å². The highest BCUT2D eigenvalue weighted by atomic mass is 35.5. The highest BCUT2D eigenvalue weighted by Crippen LogP contribution is 2.19. The van der Waals surface area contributed by atoms with Crippen molar-refractivity contribution in [3.8, 4) is 0 Å². The summed E-state index contributed by atoms with van der Waals surface area (Å²) in [6, 6.07) is 14.9. The Labute approximate surface area is 184 Å². The smallest absolute Gasteiger partial charge is 0.331 e. The Hall–Kier alpha value is -3.43. The largest absolute Gasteiger partial charge is 0.366 e. The van der Waals surface area contributed by atoms with Gasteiger partial charge in [0.2, 0.25) is 5.91 Å². The van der Waals surface area contributed by atoms with Crippen LogP contribution in [-0.2, 0) is 23.1 Å². The molecule has 3 aromatic rings. The zero-order valence-corrected chi connectivity index (χ0v) is 17.8. The van der Waals surface area contributed by atoms with E-state index in [1.807, 2.05) is 0 Å². The quantitative estimate of drug-likeness (QED) is 0.563. The minimum Gasteiger partial charge on any atom is -0.366 e. The second kappa shape index (κ2) is 9.59. The fourth-order valence-electron chi connectivity index (χ4n) is 2.70. The number of amides is 3. The number of carbonyl (C=O) groups excluding carboxylic acids is 2. The lowest BCUT2D eigenvalue weighted by Gasteiger charge is -2.23. The lowest BCUT2D eigenvalue weighted by Crippen LogP contribution is -2.43. The molecule has 0 aliphatic carbocycles. The number of benzene rings is 2. The van der Waals surface area contributed by atoms with Gasteiger partial charge in [-0.2, -0.15) is 0 Å². The molecule has 0 spiro atoms. The minimum absolute atomic E-state index is 0.0531. The normalized spacial score (nSPS) is 11.0. The SMILES string of the molecule is NC(=O)c1ccc(CNC(=O)N(Cc2ccc(Cl)cc2)S(=O)(=O)c2cccnc2)cc1. The molecule has 1 aromatic heterocycles. The van der Waals surface area contributed by atoms with E-state index in [-0.39, 0.29) is 18.0 Å². The van der Waals surface area contributed by atoms with Crippen molar-refractivity contribution < 1.29 is 18.0 Å². The van der Waals surface area contributed by atoms with Crippen LogP contribution < -0.4 is 11.1 Å². The summed E-state index contributed by atoms with van der Waals surface area (Å²) in [4.78, 5) is 27.8. The highest BCUT2D eigenvalue weighted by Gasteiger charge is 2.29. The van der Waals surface area contributed by atoms with E-state index < -0.39 is 22.0 Å².